The SMILES string of the molecule is CN1C2=C(C(=O)CC(C)(C)C2)C(c2cc(Cl)ccc2OCc2ccc([N+](=O)[O-])cc2)C2=C1CC(C)(C)CC2=O. The Labute approximate surface area is 233 Å². The number of hydrogen-bond donors (Lipinski definition) is 0. The number of Topliss-reactive ketones (excluding diaryl/α,β-unsaturated/α-hetero) is 2. The molecule has 0 bridgehead atoms. The average Bonchev–Trinajstić information content (AvgIpc) is 2.83. The van der Waals surface area contributed by atoms with Gasteiger partial charge in [0.15, 0.2) is 11.6 Å². The Balaban J connectivity index is 1.63. The summed E-state index contributed by atoms with van der Waals surface area (Å²) >= 11 is 6.51. The average molecular weight is 549 g/mol. The van der Waals surface area contributed by atoms with Crippen LogP contribution >= 0.6 is 11.6 Å². The summed E-state index contributed by atoms with van der Waals surface area (Å²) in [5.41, 5.74) is 4.33. The normalized spacial score (nSPS) is 20.6. The van der Waals surface area contributed by atoms with E-state index in [2.05, 4.69) is 32.6 Å². The number of allylic oxidation sites excluding steroid dienone is 4. The van der Waals surface area contributed by atoms with Crippen molar-refractivity contribution in [2.45, 2.75) is 65.9 Å². The number of halogens is 1. The highest BCUT2D eigenvalue weighted by molar-refractivity contribution is 6.30. The molecule has 0 fully saturated rings. The molecule has 204 valence electrons. The lowest BCUT2D eigenvalue weighted by Gasteiger charge is -2.48. The third-order valence-electron chi connectivity index (χ3n) is 8.00. The standard InChI is InChI=1S/C31H33ClN2O5/c1-30(2)13-22-28(24(35)15-30)27(29-23(33(22)5)14-31(3,4)16-25(29)36)21-12-19(32)8-11-26(21)39-17-18-6-9-20(10-7-18)34(37)38/h6-12,27H,13-17H2,1-5H3. The quantitative estimate of drug-likeness (QED) is 0.291. The summed E-state index contributed by atoms with van der Waals surface area (Å²) < 4.78 is 6.26. The van der Waals surface area contributed by atoms with Crippen molar-refractivity contribution in [2.75, 3.05) is 7.05 Å². The van der Waals surface area contributed by atoms with Crippen LogP contribution in [0.5, 0.6) is 5.75 Å². The molecule has 0 spiro atoms. The Morgan fingerprint density at radius 1 is 0.923 bits per heavy atom. The number of ether oxygens (including phenoxy) is 1. The Bertz CT molecular complexity index is 1400. The Morgan fingerprint density at radius 3 is 1.97 bits per heavy atom. The molecule has 0 unspecified atom stereocenters. The molecule has 0 aromatic heterocycles. The molecule has 0 saturated heterocycles. The van der Waals surface area contributed by atoms with Crippen molar-refractivity contribution in [1.82, 2.24) is 4.90 Å². The molecule has 39 heavy (non-hydrogen) atoms. The number of non-ortho nitro benzene ring substituents is 1. The maximum atomic E-state index is 13.8. The number of ketones is 2. The summed E-state index contributed by atoms with van der Waals surface area (Å²) in [5.74, 6) is 0.0531. The predicted molar refractivity (Wildman–Crippen MR) is 149 cm³/mol. The van der Waals surface area contributed by atoms with E-state index in [1.54, 1.807) is 30.3 Å². The van der Waals surface area contributed by atoms with Gasteiger partial charge in [0.1, 0.15) is 12.4 Å². The summed E-state index contributed by atoms with van der Waals surface area (Å²) in [6.45, 7) is 8.59. The molecule has 0 N–H and O–H groups in total. The van der Waals surface area contributed by atoms with Gasteiger partial charge in [-0.25, -0.2) is 0 Å². The molecule has 0 atom stereocenters. The van der Waals surface area contributed by atoms with Crippen molar-refractivity contribution in [3.63, 3.8) is 0 Å². The second-order valence-electron chi connectivity index (χ2n) is 12.5. The molecule has 1 heterocycles. The highest BCUT2D eigenvalue weighted by atomic mass is 35.5. The maximum absolute atomic E-state index is 13.8. The Morgan fingerprint density at radius 2 is 1.46 bits per heavy atom. The lowest BCUT2D eigenvalue weighted by Crippen LogP contribution is -2.43. The molecular formula is C31H33ClN2O5. The van der Waals surface area contributed by atoms with Gasteiger partial charge in [-0.2, -0.15) is 0 Å². The number of rotatable bonds is 5. The van der Waals surface area contributed by atoms with Crippen LogP contribution in [-0.4, -0.2) is 28.4 Å². The molecule has 0 radical (unpaired) electrons. The van der Waals surface area contributed by atoms with Gasteiger partial charge in [0.05, 0.1) is 4.92 Å². The first kappa shape index (κ1) is 27.1. The largest absolute Gasteiger partial charge is 0.489 e. The van der Waals surface area contributed by atoms with Gasteiger partial charge < -0.3 is 9.64 Å². The number of nitrogens with zero attached hydrogens (tertiary/aromatic N) is 2. The van der Waals surface area contributed by atoms with Crippen LogP contribution in [0.25, 0.3) is 0 Å². The Hall–Kier alpha value is -3.45. The van der Waals surface area contributed by atoms with Crippen LogP contribution in [0, 0.1) is 20.9 Å². The molecule has 0 amide bonds. The third-order valence-corrected chi connectivity index (χ3v) is 8.24. The molecule has 5 rings (SSSR count). The number of carbonyl (C=O) groups is 2. The molecule has 2 aromatic carbocycles. The van der Waals surface area contributed by atoms with Crippen LogP contribution in [0.1, 0.15) is 70.4 Å². The minimum absolute atomic E-state index is 0.00802. The van der Waals surface area contributed by atoms with Crippen LogP contribution in [0.15, 0.2) is 65.0 Å². The van der Waals surface area contributed by atoms with Crippen molar-refractivity contribution >= 4 is 28.9 Å². The molecule has 1 aliphatic heterocycles. The second kappa shape index (κ2) is 9.63. The first-order valence-corrected chi connectivity index (χ1v) is 13.6. The lowest BCUT2D eigenvalue weighted by atomic mass is 9.63. The number of nitro benzene ring substituents is 1. The highest BCUT2D eigenvalue weighted by Gasteiger charge is 2.48. The lowest BCUT2D eigenvalue weighted by molar-refractivity contribution is -0.384. The van der Waals surface area contributed by atoms with Crippen molar-refractivity contribution in [2.24, 2.45) is 10.8 Å². The minimum Gasteiger partial charge on any atom is -0.489 e. The smallest absolute Gasteiger partial charge is 0.269 e. The zero-order valence-corrected chi connectivity index (χ0v) is 23.7. The molecular weight excluding hydrogens is 516 g/mol. The maximum Gasteiger partial charge on any atom is 0.269 e. The van der Waals surface area contributed by atoms with Gasteiger partial charge in [-0.1, -0.05) is 39.3 Å². The summed E-state index contributed by atoms with van der Waals surface area (Å²) in [4.78, 5) is 40.3. The zero-order chi connectivity index (χ0) is 28.3. The van der Waals surface area contributed by atoms with Crippen molar-refractivity contribution in [1.29, 1.82) is 0 Å². The van der Waals surface area contributed by atoms with Gasteiger partial charge in [-0.3, -0.25) is 19.7 Å². The fourth-order valence-electron chi connectivity index (χ4n) is 6.23. The fraction of sp³-hybridized carbons (Fsp3) is 0.419. The number of nitro groups is 1. The molecule has 2 aliphatic carbocycles. The van der Waals surface area contributed by atoms with E-state index in [0.717, 1.165) is 29.8 Å². The van der Waals surface area contributed by atoms with E-state index >= 15 is 0 Å². The van der Waals surface area contributed by atoms with Crippen LogP contribution in [0.3, 0.4) is 0 Å². The number of hydrogen-bond acceptors (Lipinski definition) is 6. The van der Waals surface area contributed by atoms with Gasteiger partial charge in [0.2, 0.25) is 0 Å². The summed E-state index contributed by atoms with van der Waals surface area (Å²) in [6, 6.07) is 11.5. The molecule has 8 heteroatoms. The van der Waals surface area contributed by atoms with E-state index in [-0.39, 0.29) is 34.7 Å². The van der Waals surface area contributed by atoms with Crippen molar-refractivity contribution in [3.05, 3.63) is 91.3 Å². The van der Waals surface area contributed by atoms with E-state index in [1.165, 1.54) is 12.1 Å². The van der Waals surface area contributed by atoms with Crippen molar-refractivity contribution in [3.8, 4) is 5.75 Å². The minimum atomic E-state index is -0.566. The monoisotopic (exact) mass is 548 g/mol. The summed E-state index contributed by atoms with van der Waals surface area (Å²) in [6.07, 6.45) is 2.26. The zero-order valence-electron chi connectivity index (χ0n) is 23.0. The van der Waals surface area contributed by atoms with E-state index in [4.69, 9.17) is 16.3 Å². The van der Waals surface area contributed by atoms with E-state index in [9.17, 15) is 19.7 Å². The molecule has 0 saturated carbocycles. The van der Waals surface area contributed by atoms with Gasteiger partial charge in [0.25, 0.3) is 5.69 Å². The number of benzene rings is 2. The second-order valence-corrected chi connectivity index (χ2v) is 12.9. The highest BCUT2D eigenvalue weighted by Crippen LogP contribution is 2.55. The van der Waals surface area contributed by atoms with Gasteiger partial charge in [0, 0.05) is 71.1 Å². The molecule has 2 aromatic rings. The van der Waals surface area contributed by atoms with Crippen LogP contribution in [-0.2, 0) is 16.2 Å². The molecule has 7 nitrogen and oxygen atoms in total. The van der Waals surface area contributed by atoms with Crippen molar-refractivity contribution < 1.29 is 19.2 Å². The topological polar surface area (TPSA) is 89.8 Å². The molecule has 3 aliphatic rings. The fourth-order valence-corrected chi connectivity index (χ4v) is 6.41. The van der Waals surface area contributed by atoms with Gasteiger partial charge in [-0.05, 0) is 59.6 Å². The van der Waals surface area contributed by atoms with E-state index in [1.807, 2.05) is 7.05 Å². The predicted octanol–water partition coefficient (Wildman–Crippen LogP) is 7.14. The van der Waals surface area contributed by atoms with Crippen LogP contribution in [0.2, 0.25) is 5.02 Å². The Kier molecular flexibility index (Phi) is 6.70. The third kappa shape index (κ3) is 5.12. The van der Waals surface area contributed by atoms with E-state index < -0.39 is 10.8 Å². The first-order chi connectivity index (χ1) is 18.3. The van der Waals surface area contributed by atoms with Gasteiger partial charge in [-0.15, -0.1) is 0 Å². The van der Waals surface area contributed by atoms with Crippen LogP contribution in [0.4, 0.5) is 5.69 Å². The first-order valence-electron chi connectivity index (χ1n) is 13.2. The summed E-state index contributed by atoms with van der Waals surface area (Å²) in [7, 11) is 1.98. The summed E-state index contributed by atoms with van der Waals surface area (Å²) in [5, 5.41) is 11.5. The number of carbonyl (C=O) groups excluding carboxylic acids is 2. The van der Waals surface area contributed by atoms with Crippen LogP contribution < -0.4 is 4.74 Å². The van der Waals surface area contributed by atoms with Gasteiger partial charge >= 0.3 is 0 Å². The van der Waals surface area contributed by atoms with E-state index in [0.29, 0.717) is 40.3 Å².